The predicted molar refractivity (Wildman–Crippen MR) is 105 cm³/mol. The van der Waals surface area contributed by atoms with Crippen LogP contribution in [-0.4, -0.2) is 38.3 Å². The van der Waals surface area contributed by atoms with Gasteiger partial charge in [0.15, 0.2) is 5.16 Å². The summed E-state index contributed by atoms with van der Waals surface area (Å²) in [6.07, 6.45) is 3.57. The van der Waals surface area contributed by atoms with Crippen molar-refractivity contribution in [3.05, 3.63) is 41.2 Å². The Morgan fingerprint density at radius 2 is 1.93 bits per heavy atom. The number of hydrogen-bond acceptors (Lipinski definition) is 5. The molecule has 0 atom stereocenters. The smallest absolute Gasteiger partial charge is 0.240 e. The van der Waals surface area contributed by atoms with Gasteiger partial charge in [-0.3, -0.25) is 9.59 Å². The maximum absolute atomic E-state index is 12.3. The van der Waals surface area contributed by atoms with Gasteiger partial charge in [0.25, 0.3) is 0 Å². The Morgan fingerprint density at radius 3 is 2.56 bits per heavy atom. The Morgan fingerprint density at radius 1 is 1.22 bits per heavy atom. The van der Waals surface area contributed by atoms with E-state index >= 15 is 0 Å². The molecule has 3 rings (SSSR count). The number of amides is 2. The van der Waals surface area contributed by atoms with Crippen LogP contribution in [0.4, 0.5) is 5.69 Å². The van der Waals surface area contributed by atoms with Crippen molar-refractivity contribution in [2.24, 2.45) is 0 Å². The molecule has 3 N–H and O–H groups in total. The third kappa shape index (κ3) is 5.58. The minimum atomic E-state index is -0.209. The highest BCUT2D eigenvalue weighted by atomic mass is 32.2. The summed E-state index contributed by atoms with van der Waals surface area (Å²) in [6, 6.07) is 6.16. The molecule has 0 unspecified atom stereocenters. The van der Waals surface area contributed by atoms with Crippen LogP contribution < -0.4 is 10.6 Å². The van der Waals surface area contributed by atoms with Gasteiger partial charge in [0, 0.05) is 11.7 Å². The number of benzene rings is 1. The van der Waals surface area contributed by atoms with Gasteiger partial charge in [-0.2, -0.15) is 0 Å². The second-order valence-electron chi connectivity index (χ2n) is 6.83. The van der Waals surface area contributed by atoms with E-state index in [4.69, 9.17) is 0 Å². The van der Waals surface area contributed by atoms with E-state index in [2.05, 4.69) is 15.6 Å². The minimum Gasteiger partial charge on any atom is -0.390 e. The van der Waals surface area contributed by atoms with E-state index in [1.807, 2.05) is 32.0 Å². The SMILES string of the molecule is Cc1cc(C)cc(NC(=O)CSc2ncc(CO)n2CC(=O)NC2CC2)c1. The topological polar surface area (TPSA) is 96.2 Å². The van der Waals surface area contributed by atoms with Crippen LogP contribution in [-0.2, 0) is 22.7 Å². The van der Waals surface area contributed by atoms with E-state index in [0.29, 0.717) is 10.9 Å². The molecule has 144 valence electrons. The van der Waals surface area contributed by atoms with Gasteiger partial charge in [0.1, 0.15) is 6.54 Å². The second-order valence-corrected chi connectivity index (χ2v) is 7.77. The monoisotopic (exact) mass is 388 g/mol. The predicted octanol–water partition coefficient (Wildman–Crippen LogP) is 2.00. The van der Waals surface area contributed by atoms with Gasteiger partial charge in [-0.05, 0) is 49.9 Å². The average Bonchev–Trinajstić information content (AvgIpc) is 3.31. The summed E-state index contributed by atoms with van der Waals surface area (Å²) in [5.41, 5.74) is 3.49. The van der Waals surface area contributed by atoms with Gasteiger partial charge in [0.2, 0.25) is 11.8 Å². The summed E-state index contributed by atoms with van der Waals surface area (Å²) >= 11 is 1.24. The van der Waals surface area contributed by atoms with Crippen molar-refractivity contribution in [1.82, 2.24) is 14.9 Å². The van der Waals surface area contributed by atoms with E-state index < -0.39 is 0 Å². The molecule has 8 heteroatoms. The molecule has 1 saturated carbocycles. The third-order valence-corrected chi connectivity index (χ3v) is 5.14. The summed E-state index contributed by atoms with van der Waals surface area (Å²) in [6.45, 7) is 3.85. The zero-order valence-electron chi connectivity index (χ0n) is 15.5. The van der Waals surface area contributed by atoms with Gasteiger partial charge in [-0.15, -0.1) is 0 Å². The number of carbonyl (C=O) groups excluding carboxylic acids is 2. The highest BCUT2D eigenvalue weighted by molar-refractivity contribution is 7.99. The van der Waals surface area contributed by atoms with Crippen molar-refractivity contribution < 1.29 is 14.7 Å². The molecule has 27 heavy (non-hydrogen) atoms. The third-order valence-electron chi connectivity index (χ3n) is 4.15. The number of nitrogens with one attached hydrogen (secondary N) is 2. The van der Waals surface area contributed by atoms with Gasteiger partial charge in [-0.25, -0.2) is 4.98 Å². The fourth-order valence-corrected chi connectivity index (χ4v) is 3.62. The van der Waals surface area contributed by atoms with Crippen LogP contribution in [0, 0.1) is 13.8 Å². The number of thioether (sulfide) groups is 1. The largest absolute Gasteiger partial charge is 0.390 e. The Hall–Kier alpha value is -2.32. The number of rotatable bonds is 8. The first-order chi connectivity index (χ1) is 12.9. The van der Waals surface area contributed by atoms with Crippen molar-refractivity contribution in [2.75, 3.05) is 11.1 Å². The highest BCUT2D eigenvalue weighted by Gasteiger charge is 2.24. The van der Waals surface area contributed by atoms with Crippen molar-refractivity contribution in [2.45, 2.75) is 51.0 Å². The summed E-state index contributed by atoms with van der Waals surface area (Å²) in [5.74, 6) is -0.0849. The standard InChI is InChI=1S/C19H24N4O3S/c1-12-5-13(2)7-15(6-12)22-18(26)11-27-19-20-8-16(10-24)23(19)9-17(25)21-14-3-4-14/h5-8,14,24H,3-4,9-11H2,1-2H3,(H,21,25)(H,22,26). The molecule has 1 aliphatic rings. The first-order valence-corrected chi connectivity index (χ1v) is 9.88. The number of aliphatic hydroxyl groups is 1. The zero-order chi connectivity index (χ0) is 19.4. The number of carbonyl (C=O) groups is 2. The molecule has 1 aliphatic carbocycles. The van der Waals surface area contributed by atoms with Crippen molar-refractivity contribution in [3.63, 3.8) is 0 Å². The molecule has 2 aromatic rings. The fraction of sp³-hybridized carbons (Fsp3) is 0.421. The second kappa shape index (κ2) is 8.58. The molecule has 0 aliphatic heterocycles. The lowest BCUT2D eigenvalue weighted by Gasteiger charge is -2.11. The molecular formula is C19H24N4O3S. The molecule has 1 heterocycles. The normalized spacial score (nSPS) is 13.4. The summed E-state index contributed by atoms with van der Waals surface area (Å²) in [7, 11) is 0. The van der Waals surface area contributed by atoms with Gasteiger partial charge in [-0.1, -0.05) is 17.8 Å². The maximum Gasteiger partial charge on any atom is 0.240 e. The van der Waals surface area contributed by atoms with E-state index in [1.165, 1.54) is 18.0 Å². The van der Waals surface area contributed by atoms with Crippen LogP contribution in [0.2, 0.25) is 0 Å². The first kappa shape index (κ1) is 19.4. The number of anilines is 1. The summed E-state index contributed by atoms with van der Waals surface area (Å²) in [4.78, 5) is 28.6. The Kier molecular flexibility index (Phi) is 6.18. The lowest BCUT2D eigenvalue weighted by Crippen LogP contribution is -2.30. The lowest BCUT2D eigenvalue weighted by atomic mass is 10.1. The summed E-state index contributed by atoms with van der Waals surface area (Å²) in [5, 5.41) is 15.8. The Balaban J connectivity index is 1.60. The molecule has 1 fully saturated rings. The van der Waals surface area contributed by atoms with Gasteiger partial charge in [0.05, 0.1) is 24.3 Å². The summed E-state index contributed by atoms with van der Waals surface area (Å²) < 4.78 is 1.66. The Labute approximate surface area is 162 Å². The van der Waals surface area contributed by atoms with E-state index in [0.717, 1.165) is 29.7 Å². The molecule has 0 radical (unpaired) electrons. The number of aromatic nitrogens is 2. The molecule has 7 nitrogen and oxygen atoms in total. The molecule has 2 amide bonds. The maximum atomic E-state index is 12.3. The van der Waals surface area contributed by atoms with Crippen LogP contribution in [0.5, 0.6) is 0 Å². The molecular weight excluding hydrogens is 364 g/mol. The van der Waals surface area contributed by atoms with E-state index in [9.17, 15) is 14.7 Å². The number of aryl methyl sites for hydroxylation is 2. The molecule has 1 aromatic heterocycles. The van der Waals surface area contributed by atoms with E-state index in [-0.39, 0.29) is 36.8 Å². The quantitative estimate of drug-likeness (QED) is 0.601. The van der Waals surface area contributed by atoms with Crippen LogP contribution >= 0.6 is 11.8 Å². The zero-order valence-corrected chi connectivity index (χ0v) is 16.3. The van der Waals surface area contributed by atoms with Crippen LogP contribution in [0.3, 0.4) is 0 Å². The van der Waals surface area contributed by atoms with Gasteiger partial charge < -0.3 is 20.3 Å². The highest BCUT2D eigenvalue weighted by Crippen LogP contribution is 2.21. The minimum absolute atomic E-state index is 0.0907. The molecule has 0 bridgehead atoms. The molecule has 1 aromatic carbocycles. The fourth-order valence-electron chi connectivity index (χ4n) is 2.82. The van der Waals surface area contributed by atoms with Crippen LogP contribution in [0.15, 0.2) is 29.6 Å². The van der Waals surface area contributed by atoms with E-state index in [1.54, 1.807) is 4.57 Å². The number of imidazole rings is 1. The van der Waals surface area contributed by atoms with Crippen molar-refractivity contribution in [3.8, 4) is 0 Å². The lowest BCUT2D eigenvalue weighted by molar-refractivity contribution is -0.122. The van der Waals surface area contributed by atoms with Crippen LogP contribution in [0.25, 0.3) is 0 Å². The average molecular weight is 388 g/mol. The first-order valence-electron chi connectivity index (χ1n) is 8.90. The number of nitrogens with zero attached hydrogens (tertiary/aromatic N) is 2. The Bertz CT molecular complexity index is 825. The molecule has 0 saturated heterocycles. The van der Waals surface area contributed by atoms with Crippen LogP contribution in [0.1, 0.15) is 29.7 Å². The number of aliphatic hydroxyl groups excluding tert-OH is 1. The van der Waals surface area contributed by atoms with Crippen molar-refractivity contribution in [1.29, 1.82) is 0 Å². The van der Waals surface area contributed by atoms with Crippen molar-refractivity contribution >= 4 is 29.3 Å². The molecule has 0 spiro atoms. The number of hydrogen-bond donors (Lipinski definition) is 3. The van der Waals surface area contributed by atoms with Gasteiger partial charge >= 0.3 is 0 Å².